The van der Waals surface area contributed by atoms with Gasteiger partial charge in [0.2, 0.25) is 0 Å². The molecule has 0 saturated carbocycles. The lowest BCUT2D eigenvalue weighted by molar-refractivity contribution is 0.531. The first-order chi connectivity index (χ1) is 16.8. The van der Waals surface area contributed by atoms with Gasteiger partial charge in [0, 0.05) is 0 Å². The molecule has 0 saturated heterocycles. The van der Waals surface area contributed by atoms with Crippen molar-refractivity contribution in [3.05, 3.63) is 0 Å². The fourth-order valence-electron chi connectivity index (χ4n) is 5.19. The van der Waals surface area contributed by atoms with E-state index in [1.807, 2.05) is 0 Å². The van der Waals surface area contributed by atoms with Gasteiger partial charge in [0.15, 0.2) is 0 Å². The van der Waals surface area contributed by atoms with E-state index in [4.69, 9.17) is 0 Å². The summed E-state index contributed by atoms with van der Waals surface area (Å²) in [5, 5.41) is 0. The van der Waals surface area contributed by atoms with Crippen molar-refractivity contribution in [1.82, 2.24) is 0 Å². The first-order valence-corrected chi connectivity index (χ1v) is 18.4. The number of unbranched alkanes of at least 4 members (excludes halogenated alkanes) is 26. The van der Waals surface area contributed by atoms with Gasteiger partial charge < -0.3 is 0 Å². The molecule has 0 aromatic carbocycles. The van der Waals surface area contributed by atoms with Crippen LogP contribution in [0.25, 0.3) is 0 Å². The van der Waals surface area contributed by atoms with Crippen LogP contribution < -0.4 is 0 Å². The molecule has 1 unspecified atom stereocenters. The quantitative estimate of drug-likeness (QED) is 0.0683. The second-order valence-corrected chi connectivity index (χ2v) is 13.8. The summed E-state index contributed by atoms with van der Waals surface area (Å²) < 4.78 is 0. The van der Waals surface area contributed by atoms with Crippen molar-refractivity contribution in [2.24, 2.45) is 0 Å². The lowest BCUT2D eigenvalue weighted by Gasteiger charge is -2.05. The third-order valence-corrected chi connectivity index (χ3v) is 9.66. The van der Waals surface area contributed by atoms with Gasteiger partial charge in [-0.3, -0.25) is 0 Å². The molecule has 0 aromatic heterocycles. The molecule has 0 fully saturated rings. The van der Waals surface area contributed by atoms with E-state index in [-0.39, 0.29) is 0 Å². The maximum absolute atomic E-state index is 2.53. The zero-order valence-electron chi connectivity index (χ0n) is 24.6. The first kappa shape index (κ1) is 34.4. The summed E-state index contributed by atoms with van der Waals surface area (Å²) in [5.41, 5.74) is 0. The molecule has 0 heterocycles. The SMILES string of the molecule is CCCCCCCCCCCCCCCCCC[S+](C)CCCCCCCCCCCCCC. The molecule has 0 N–H and O–H groups in total. The van der Waals surface area contributed by atoms with Crippen LogP contribution in [0.2, 0.25) is 0 Å². The van der Waals surface area contributed by atoms with Crippen molar-refractivity contribution in [2.75, 3.05) is 17.8 Å². The molecule has 0 spiro atoms. The Bertz CT molecular complexity index is 339. The highest BCUT2D eigenvalue weighted by Crippen LogP contribution is 2.15. The van der Waals surface area contributed by atoms with Crippen LogP contribution in [0.3, 0.4) is 0 Å². The molecule has 0 amide bonds. The van der Waals surface area contributed by atoms with E-state index in [0.29, 0.717) is 10.9 Å². The van der Waals surface area contributed by atoms with Gasteiger partial charge in [0.1, 0.15) is 11.5 Å². The summed E-state index contributed by atoms with van der Waals surface area (Å²) in [6.45, 7) is 4.62. The van der Waals surface area contributed by atoms with Gasteiger partial charge in [-0.25, -0.2) is 0 Å². The minimum absolute atomic E-state index is 0.698. The highest BCUT2D eigenvalue weighted by Gasteiger charge is 2.09. The van der Waals surface area contributed by atoms with Crippen molar-refractivity contribution in [3.8, 4) is 0 Å². The molecule has 0 aliphatic heterocycles. The monoisotopic (exact) mass is 498 g/mol. The van der Waals surface area contributed by atoms with Crippen LogP contribution in [0.4, 0.5) is 0 Å². The summed E-state index contributed by atoms with van der Waals surface area (Å²) in [7, 11) is 0.698. The molecular weight excluding hydrogens is 428 g/mol. The van der Waals surface area contributed by atoms with Gasteiger partial charge in [-0.2, -0.15) is 0 Å². The average Bonchev–Trinajstić information content (AvgIpc) is 2.84. The molecule has 0 radical (unpaired) electrons. The van der Waals surface area contributed by atoms with Gasteiger partial charge in [0.05, 0.1) is 6.26 Å². The molecule has 0 nitrogen and oxygen atoms in total. The molecule has 0 rings (SSSR count). The topological polar surface area (TPSA) is 0 Å². The Balaban J connectivity index is 3.13. The van der Waals surface area contributed by atoms with Crippen LogP contribution in [0.15, 0.2) is 0 Å². The molecular formula is C33H69S+. The van der Waals surface area contributed by atoms with E-state index in [2.05, 4.69) is 20.1 Å². The van der Waals surface area contributed by atoms with Crippen LogP contribution in [-0.2, 0) is 10.9 Å². The van der Waals surface area contributed by atoms with Gasteiger partial charge in [-0.15, -0.1) is 0 Å². The van der Waals surface area contributed by atoms with Crippen molar-refractivity contribution in [1.29, 1.82) is 0 Å². The van der Waals surface area contributed by atoms with E-state index >= 15 is 0 Å². The number of rotatable bonds is 30. The fraction of sp³-hybridized carbons (Fsp3) is 1.00. The minimum Gasteiger partial charge on any atom is -0.0654 e. The van der Waals surface area contributed by atoms with Gasteiger partial charge >= 0.3 is 0 Å². The highest BCUT2D eigenvalue weighted by molar-refractivity contribution is 7.96. The summed E-state index contributed by atoms with van der Waals surface area (Å²) in [6.07, 6.45) is 43.9. The summed E-state index contributed by atoms with van der Waals surface area (Å²) >= 11 is 0. The molecule has 1 heteroatoms. The molecule has 0 aliphatic carbocycles. The van der Waals surface area contributed by atoms with Gasteiger partial charge in [-0.1, -0.05) is 168 Å². The summed E-state index contributed by atoms with van der Waals surface area (Å²) in [6, 6.07) is 0. The van der Waals surface area contributed by atoms with Crippen molar-refractivity contribution in [3.63, 3.8) is 0 Å². The summed E-state index contributed by atoms with van der Waals surface area (Å²) in [4.78, 5) is 0. The zero-order chi connectivity index (χ0) is 24.8. The average molecular weight is 498 g/mol. The first-order valence-electron chi connectivity index (χ1n) is 16.4. The maximum atomic E-state index is 2.53. The molecule has 0 aromatic rings. The Morgan fingerprint density at radius 2 is 0.441 bits per heavy atom. The molecule has 0 aliphatic rings. The Morgan fingerprint density at radius 3 is 0.647 bits per heavy atom. The number of hydrogen-bond donors (Lipinski definition) is 0. The van der Waals surface area contributed by atoms with E-state index in [1.165, 1.54) is 191 Å². The zero-order valence-corrected chi connectivity index (χ0v) is 25.4. The molecule has 34 heavy (non-hydrogen) atoms. The largest absolute Gasteiger partial charge is 0.107 e. The fourth-order valence-corrected chi connectivity index (χ4v) is 6.79. The van der Waals surface area contributed by atoms with E-state index in [9.17, 15) is 0 Å². The van der Waals surface area contributed by atoms with Crippen LogP contribution in [0.5, 0.6) is 0 Å². The maximum Gasteiger partial charge on any atom is 0.107 e. The smallest absolute Gasteiger partial charge is 0.0654 e. The van der Waals surface area contributed by atoms with Crippen LogP contribution >= 0.6 is 0 Å². The van der Waals surface area contributed by atoms with Crippen molar-refractivity contribution in [2.45, 2.75) is 194 Å². The molecule has 206 valence electrons. The molecule has 1 atom stereocenters. The minimum atomic E-state index is 0.698. The van der Waals surface area contributed by atoms with Crippen molar-refractivity contribution >= 4 is 10.9 Å². The predicted molar refractivity (Wildman–Crippen MR) is 164 cm³/mol. The normalized spacial score (nSPS) is 12.4. The lowest BCUT2D eigenvalue weighted by Crippen LogP contribution is -2.10. The standard InChI is InChI=1S/C33H69S/c1-4-6-8-10-12-14-16-18-19-20-21-23-25-27-29-31-33-34(3)32-30-28-26-24-22-17-15-13-11-9-7-5-2/h4-33H2,1-3H3/q+1. The van der Waals surface area contributed by atoms with Crippen molar-refractivity contribution < 1.29 is 0 Å². The Morgan fingerprint density at radius 1 is 0.265 bits per heavy atom. The summed E-state index contributed by atoms with van der Waals surface area (Å²) in [5.74, 6) is 3.02. The third-order valence-electron chi connectivity index (χ3n) is 7.69. The second kappa shape index (κ2) is 31.4. The Hall–Kier alpha value is 0.350. The third kappa shape index (κ3) is 30.4. The molecule has 0 bridgehead atoms. The highest BCUT2D eigenvalue weighted by atomic mass is 32.2. The lowest BCUT2D eigenvalue weighted by atomic mass is 10.0. The number of hydrogen-bond acceptors (Lipinski definition) is 0. The van der Waals surface area contributed by atoms with E-state index in [1.54, 1.807) is 0 Å². The van der Waals surface area contributed by atoms with E-state index in [0.717, 1.165) is 0 Å². The van der Waals surface area contributed by atoms with Gasteiger partial charge in [0.25, 0.3) is 0 Å². The van der Waals surface area contributed by atoms with Crippen LogP contribution in [-0.4, -0.2) is 17.8 Å². The van der Waals surface area contributed by atoms with E-state index < -0.39 is 0 Å². The second-order valence-electron chi connectivity index (χ2n) is 11.4. The van der Waals surface area contributed by atoms with Crippen LogP contribution in [0.1, 0.15) is 194 Å². The Labute approximate surface area is 222 Å². The Kier molecular flexibility index (Phi) is 31.7. The predicted octanol–water partition coefficient (Wildman–Crippen LogP) is 12.2. The van der Waals surface area contributed by atoms with Crippen LogP contribution in [0, 0.1) is 0 Å². The van der Waals surface area contributed by atoms with Gasteiger partial charge in [-0.05, 0) is 36.6 Å².